The highest BCUT2D eigenvalue weighted by atomic mass is 35.5. The standard InChI is InChI=1S/C13H11ClF3N3/c14-8-4-10-9(3-7(8)13(15,16)17)19-11(20-10)12-5-6(12)1-2-18-12/h3-4,6,18H,1-2,5H2,(H,19,20)/t6-,12+/m1/s1. The van der Waals surface area contributed by atoms with Crippen molar-refractivity contribution in [3.63, 3.8) is 0 Å². The van der Waals surface area contributed by atoms with Gasteiger partial charge in [-0.1, -0.05) is 11.6 Å². The zero-order valence-electron chi connectivity index (χ0n) is 10.3. The fourth-order valence-corrected chi connectivity index (χ4v) is 3.47. The van der Waals surface area contributed by atoms with Crippen molar-refractivity contribution >= 4 is 22.6 Å². The molecular formula is C13H11ClF3N3. The van der Waals surface area contributed by atoms with Crippen molar-refractivity contribution in [2.75, 3.05) is 6.54 Å². The van der Waals surface area contributed by atoms with Crippen molar-refractivity contribution in [2.24, 2.45) is 5.92 Å². The number of hydrogen-bond donors (Lipinski definition) is 2. The second kappa shape index (κ2) is 3.68. The third kappa shape index (κ3) is 1.61. The minimum atomic E-state index is -4.46. The van der Waals surface area contributed by atoms with Crippen molar-refractivity contribution in [2.45, 2.75) is 24.6 Å². The lowest BCUT2D eigenvalue weighted by Crippen LogP contribution is -2.26. The Kier molecular flexibility index (Phi) is 2.29. The maximum absolute atomic E-state index is 12.8. The van der Waals surface area contributed by atoms with E-state index < -0.39 is 11.7 Å². The van der Waals surface area contributed by atoms with E-state index in [0.29, 0.717) is 17.0 Å². The maximum Gasteiger partial charge on any atom is 0.417 e. The fourth-order valence-electron chi connectivity index (χ4n) is 3.20. The Hall–Kier alpha value is -1.27. The van der Waals surface area contributed by atoms with Gasteiger partial charge in [0.25, 0.3) is 0 Å². The lowest BCUT2D eigenvalue weighted by atomic mass is 10.2. The summed E-state index contributed by atoms with van der Waals surface area (Å²) in [5, 5.41) is 3.09. The van der Waals surface area contributed by atoms with E-state index in [4.69, 9.17) is 11.6 Å². The number of piperidine rings is 1. The van der Waals surface area contributed by atoms with E-state index in [9.17, 15) is 13.2 Å². The summed E-state index contributed by atoms with van der Waals surface area (Å²) >= 11 is 5.72. The highest BCUT2D eigenvalue weighted by Crippen LogP contribution is 2.56. The normalized spacial score (nSPS) is 28.9. The van der Waals surface area contributed by atoms with Gasteiger partial charge in [0.05, 0.1) is 27.2 Å². The van der Waals surface area contributed by atoms with Gasteiger partial charge in [0.2, 0.25) is 0 Å². The van der Waals surface area contributed by atoms with Gasteiger partial charge in [0.15, 0.2) is 0 Å². The Bertz CT molecular complexity index is 709. The Morgan fingerprint density at radius 2 is 2.15 bits per heavy atom. The number of aromatic nitrogens is 2. The Labute approximate surface area is 117 Å². The first-order valence-corrected chi connectivity index (χ1v) is 6.80. The number of fused-ring (bicyclic) bond motifs is 2. The molecule has 0 spiro atoms. The summed E-state index contributed by atoms with van der Waals surface area (Å²) in [5.41, 5.74) is -0.129. The number of rotatable bonds is 1. The van der Waals surface area contributed by atoms with E-state index in [1.54, 1.807) is 0 Å². The Morgan fingerprint density at radius 1 is 1.35 bits per heavy atom. The van der Waals surface area contributed by atoms with E-state index in [2.05, 4.69) is 15.3 Å². The number of hydrogen-bond acceptors (Lipinski definition) is 2. The monoisotopic (exact) mass is 301 g/mol. The molecule has 1 saturated carbocycles. The van der Waals surface area contributed by atoms with Gasteiger partial charge >= 0.3 is 6.18 Å². The van der Waals surface area contributed by atoms with Crippen LogP contribution >= 0.6 is 11.6 Å². The molecule has 0 radical (unpaired) electrons. The second-order valence-corrected chi connectivity index (χ2v) is 5.93. The molecule has 1 aromatic carbocycles. The van der Waals surface area contributed by atoms with Crippen molar-refractivity contribution in [3.05, 3.63) is 28.5 Å². The molecule has 7 heteroatoms. The van der Waals surface area contributed by atoms with Crippen molar-refractivity contribution in [1.82, 2.24) is 15.3 Å². The number of aromatic amines is 1. The first kappa shape index (κ1) is 12.5. The van der Waals surface area contributed by atoms with Gasteiger partial charge in [0, 0.05) is 0 Å². The summed E-state index contributed by atoms with van der Waals surface area (Å²) < 4.78 is 38.5. The number of imidazole rings is 1. The van der Waals surface area contributed by atoms with Crippen molar-refractivity contribution < 1.29 is 13.2 Å². The average molecular weight is 302 g/mol. The zero-order chi connectivity index (χ0) is 14.1. The minimum Gasteiger partial charge on any atom is -0.340 e. The molecular weight excluding hydrogens is 291 g/mol. The molecule has 20 heavy (non-hydrogen) atoms. The van der Waals surface area contributed by atoms with Crippen LogP contribution in [0.4, 0.5) is 13.2 Å². The van der Waals surface area contributed by atoms with Crippen LogP contribution in [0.3, 0.4) is 0 Å². The smallest absolute Gasteiger partial charge is 0.340 e. The molecule has 2 heterocycles. The molecule has 0 unspecified atom stereocenters. The predicted octanol–water partition coefficient (Wildman–Crippen LogP) is 3.44. The van der Waals surface area contributed by atoms with Crippen LogP contribution in [0.5, 0.6) is 0 Å². The third-order valence-corrected chi connectivity index (χ3v) is 4.65. The van der Waals surface area contributed by atoms with Crippen molar-refractivity contribution in [1.29, 1.82) is 0 Å². The Balaban J connectivity index is 1.84. The maximum atomic E-state index is 12.8. The van der Waals surface area contributed by atoms with E-state index in [-0.39, 0.29) is 10.6 Å². The summed E-state index contributed by atoms with van der Waals surface area (Å²) in [6.45, 7) is 0.927. The zero-order valence-corrected chi connectivity index (χ0v) is 11.1. The average Bonchev–Trinajstić information content (AvgIpc) is 2.74. The van der Waals surface area contributed by atoms with Gasteiger partial charge < -0.3 is 10.3 Å². The molecule has 2 aliphatic rings. The molecule has 2 aromatic rings. The van der Waals surface area contributed by atoms with Gasteiger partial charge in [-0.25, -0.2) is 4.98 Å². The van der Waals surface area contributed by atoms with Crippen molar-refractivity contribution in [3.8, 4) is 0 Å². The topological polar surface area (TPSA) is 40.7 Å². The summed E-state index contributed by atoms with van der Waals surface area (Å²) in [7, 11) is 0. The number of nitrogens with one attached hydrogen (secondary N) is 2. The fraction of sp³-hybridized carbons (Fsp3) is 0.462. The molecule has 1 aliphatic carbocycles. The van der Waals surface area contributed by atoms with Crippen LogP contribution in [0.2, 0.25) is 5.02 Å². The first-order chi connectivity index (χ1) is 9.40. The summed E-state index contributed by atoms with van der Waals surface area (Å²) in [6, 6.07) is 2.32. The Morgan fingerprint density at radius 3 is 2.75 bits per heavy atom. The highest BCUT2D eigenvalue weighted by molar-refractivity contribution is 6.32. The summed E-state index contributed by atoms with van der Waals surface area (Å²) in [4.78, 5) is 7.46. The lowest BCUT2D eigenvalue weighted by Gasteiger charge is -2.08. The van der Waals surface area contributed by atoms with Crippen LogP contribution in [-0.2, 0) is 11.7 Å². The molecule has 1 saturated heterocycles. The van der Waals surface area contributed by atoms with Crippen LogP contribution in [0, 0.1) is 5.92 Å². The lowest BCUT2D eigenvalue weighted by molar-refractivity contribution is -0.137. The SMILES string of the molecule is FC(F)(F)c1cc2nc([C@]34C[C@H]3CCN4)[nH]c2cc1Cl. The largest absolute Gasteiger partial charge is 0.417 e. The number of H-pyrrole nitrogens is 1. The van der Waals surface area contributed by atoms with Crippen LogP contribution < -0.4 is 5.32 Å². The van der Waals surface area contributed by atoms with Gasteiger partial charge in [-0.2, -0.15) is 13.2 Å². The molecule has 0 amide bonds. The number of nitrogens with zero attached hydrogens (tertiary/aromatic N) is 1. The summed E-state index contributed by atoms with van der Waals surface area (Å²) in [6.07, 6.45) is -2.38. The van der Waals surface area contributed by atoms with Crippen LogP contribution in [-0.4, -0.2) is 16.5 Å². The van der Waals surface area contributed by atoms with Gasteiger partial charge in [-0.3, -0.25) is 0 Å². The van der Waals surface area contributed by atoms with Gasteiger partial charge in [-0.05, 0) is 37.4 Å². The van der Waals surface area contributed by atoms with E-state index in [1.165, 1.54) is 6.07 Å². The first-order valence-electron chi connectivity index (χ1n) is 6.42. The molecule has 106 valence electrons. The molecule has 2 fully saturated rings. The van der Waals surface area contributed by atoms with Gasteiger partial charge in [0.1, 0.15) is 5.82 Å². The molecule has 2 atom stereocenters. The third-order valence-electron chi connectivity index (χ3n) is 4.34. The molecule has 2 N–H and O–H groups in total. The van der Waals surface area contributed by atoms with Crippen LogP contribution in [0.15, 0.2) is 12.1 Å². The van der Waals surface area contributed by atoms with E-state index >= 15 is 0 Å². The number of benzene rings is 1. The van der Waals surface area contributed by atoms with E-state index in [1.807, 2.05) is 0 Å². The quantitative estimate of drug-likeness (QED) is 0.847. The van der Waals surface area contributed by atoms with E-state index in [0.717, 1.165) is 31.3 Å². The highest BCUT2D eigenvalue weighted by Gasteiger charge is 2.60. The molecule has 4 rings (SSSR count). The van der Waals surface area contributed by atoms with Crippen LogP contribution in [0.1, 0.15) is 24.2 Å². The number of halogens is 4. The molecule has 1 aromatic heterocycles. The number of alkyl halides is 3. The summed E-state index contributed by atoms with van der Waals surface area (Å²) in [5.74, 6) is 1.27. The van der Waals surface area contributed by atoms with Crippen LogP contribution in [0.25, 0.3) is 11.0 Å². The van der Waals surface area contributed by atoms with Gasteiger partial charge in [-0.15, -0.1) is 0 Å². The second-order valence-electron chi connectivity index (χ2n) is 5.52. The molecule has 0 bridgehead atoms. The minimum absolute atomic E-state index is 0.149. The molecule has 1 aliphatic heterocycles. The molecule has 3 nitrogen and oxygen atoms in total. The predicted molar refractivity (Wildman–Crippen MR) is 68.5 cm³/mol.